The molecule has 23 heavy (non-hydrogen) atoms. The highest BCUT2D eigenvalue weighted by Gasteiger charge is 2.27. The molecule has 0 radical (unpaired) electrons. The van der Waals surface area contributed by atoms with E-state index in [0.717, 1.165) is 12.8 Å². The standard InChI is InChI=1S/C16H18FN3O3/c1-2-12(9-6-7-23-8-9)18-16(22)14-15(21)10-4-3-5-11(17)13(10)19-20-14/h3-5,9,12H,2,6-8H2,1H3,(H,18,22)(H,19,21). The third-order valence-corrected chi connectivity index (χ3v) is 4.26. The van der Waals surface area contributed by atoms with E-state index in [0.29, 0.717) is 13.2 Å². The van der Waals surface area contributed by atoms with Crippen LogP contribution in [0.2, 0.25) is 0 Å². The van der Waals surface area contributed by atoms with Crippen LogP contribution in [-0.4, -0.2) is 35.4 Å². The van der Waals surface area contributed by atoms with Gasteiger partial charge < -0.3 is 10.1 Å². The molecule has 6 nitrogen and oxygen atoms in total. The van der Waals surface area contributed by atoms with Crippen LogP contribution in [-0.2, 0) is 4.74 Å². The summed E-state index contributed by atoms with van der Waals surface area (Å²) in [4.78, 5) is 24.8. The van der Waals surface area contributed by atoms with Crippen molar-refractivity contribution < 1.29 is 13.9 Å². The van der Waals surface area contributed by atoms with Gasteiger partial charge in [0.25, 0.3) is 5.91 Å². The lowest BCUT2D eigenvalue weighted by Gasteiger charge is -2.21. The van der Waals surface area contributed by atoms with Crippen molar-refractivity contribution in [3.8, 4) is 0 Å². The van der Waals surface area contributed by atoms with Gasteiger partial charge in [0.2, 0.25) is 5.43 Å². The molecule has 1 amide bonds. The molecule has 1 saturated heterocycles. The number of nitrogens with one attached hydrogen (secondary N) is 2. The van der Waals surface area contributed by atoms with E-state index in [2.05, 4.69) is 15.5 Å². The fourth-order valence-corrected chi connectivity index (χ4v) is 2.93. The summed E-state index contributed by atoms with van der Waals surface area (Å²) in [6, 6.07) is 4.05. The Morgan fingerprint density at radius 1 is 1.57 bits per heavy atom. The van der Waals surface area contributed by atoms with Crippen molar-refractivity contribution in [2.75, 3.05) is 13.2 Å². The van der Waals surface area contributed by atoms with Gasteiger partial charge in [-0.05, 0) is 25.0 Å². The third-order valence-electron chi connectivity index (χ3n) is 4.26. The number of amides is 1. The normalized spacial score (nSPS) is 19.0. The number of ether oxygens (including phenoxy) is 1. The van der Waals surface area contributed by atoms with E-state index in [1.165, 1.54) is 18.2 Å². The Morgan fingerprint density at radius 3 is 3.09 bits per heavy atom. The average Bonchev–Trinajstić information content (AvgIpc) is 3.08. The number of carbonyl (C=O) groups is 1. The van der Waals surface area contributed by atoms with Crippen LogP contribution in [0.4, 0.5) is 4.39 Å². The van der Waals surface area contributed by atoms with Crippen LogP contribution in [0.15, 0.2) is 23.0 Å². The number of hydrogen-bond acceptors (Lipinski definition) is 4. The summed E-state index contributed by atoms with van der Waals surface area (Å²) in [6.07, 6.45) is 1.62. The molecular weight excluding hydrogens is 301 g/mol. The zero-order chi connectivity index (χ0) is 16.4. The first-order valence-electron chi connectivity index (χ1n) is 7.67. The van der Waals surface area contributed by atoms with E-state index in [-0.39, 0.29) is 28.6 Å². The van der Waals surface area contributed by atoms with Gasteiger partial charge in [-0.3, -0.25) is 14.7 Å². The lowest BCUT2D eigenvalue weighted by molar-refractivity contribution is 0.0907. The minimum Gasteiger partial charge on any atom is -0.381 e. The quantitative estimate of drug-likeness (QED) is 0.896. The molecule has 2 N–H and O–H groups in total. The van der Waals surface area contributed by atoms with Crippen LogP contribution in [0.1, 0.15) is 30.3 Å². The maximum absolute atomic E-state index is 13.6. The van der Waals surface area contributed by atoms with Crippen LogP contribution in [0.3, 0.4) is 0 Å². The van der Waals surface area contributed by atoms with E-state index in [1.54, 1.807) is 0 Å². The summed E-state index contributed by atoms with van der Waals surface area (Å²) in [5, 5.41) is 9.18. The minimum atomic E-state index is -0.576. The second kappa shape index (κ2) is 6.45. The molecule has 1 aliphatic rings. The zero-order valence-corrected chi connectivity index (χ0v) is 12.8. The van der Waals surface area contributed by atoms with E-state index < -0.39 is 17.2 Å². The van der Waals surface area contributed by atoms with Gasteiger partial charge in [-0.2, -0.15) is 5.10 Å². The molecule has 2 unspecified atom stereocenters. The number of halogens is 1. The molecule has 0 saturated carbocycles. The summed E-state index contributed by atoms with van der Waals surface area (Å²) >= 11 is 0. The smallest absolute Gasteiger partial charge is 0.276 e. The molecular formula is C16H18FN3O3. The van der Waals surface area contributed by atoms with Gasteiger partial charge >= 0.3 is 0 Å². The Kier molecular flexibility index (Phi) is 4.38. The van der Waals surface area contributed by atoms with Crippen molar-refractivity contribution in [1.29, 1.82) is 0 Å². The lowest BCUT2D eigenvalue weighted by atomic mass is 9.96. The first kappa shape index (κ1) is 15.6. The Balaban J connectivity index is 1.89. The molecule has 0 aliphatic carbocycles. The molecule has 3 rings (SSSR count). The average molecular weight is 319 g/mol. The highest BCUT2D eigenvalue weighted by Crippen LogP contribution is 2.19. The Bertz CT molecular complexity index is 784. The van der Waals surface area contributed by atoms with Gasteiger partial charge in [0, 0.05) is 18.6 Å². The number of carbonyl (C=O) groups excluding carboxylic acids is 1. The lowest BCUT2D eigenvalue weighted by Crippen LogP contribution is -2.42. The van der Waals surface area contributed by atoms with E-state index >= 15 is 0 Å². The summed E-state index contributed by atoms with van der Waals surface area (Å²) in [5.74, 6) is -0.884. The van der Waals surface area contributed by atoms with Gasteiger partial charge in [0.15, 0.2) is 5.69 Å². The van der Waals surface area contributed by atoms with Crippen LogP contribution >= 0.6 is 0 Å². The molecule has 0 bridgehead atoms. The van der Waals surface area contributed by atoms with Crippen molar-refractivity contribution >= 4 is 16.8 Å². The van der Waals surface area contributed by atoms with Crippen molar-refractivity contribution in [1.82, 2.24) is 15.5 Å². The topological polar surface area (TPSA) is 84.1 Å². The third kappa shape index (κ3) is 2.96. The molecule has 1 fully saturated rings. The SMILES string of the molecule is CCC(NC(=O)c1n[nH]c2c(F)cccc2c1=O)C1CCOC1. The Hall–Kier alpha value is -2.28. The molecule has 122 valence electrons. The van der Waals surface area contributed by atoms with Crippen molar-refractivity contribution in [3.05, 3.63) is 39.9 Å². The fourth-order valence-electron chi connectivity index (χ4n) is 2.93. The van der Waals surface area contributed by atoms with Crippen molar-refractivity contribution in [2.24, 2.45) is 5.92 Å². The van der Waals surface area contributed by atoms with E-state index in [9.17, 15) is 14.0 Å². The van der Waals surface area contributed by atoms with Gasteiger partial charge in [0.1, 0.15) is 11.3 Å². The minimum absolute atomic E-state index is 0.00489. The zero-order valence-electron chi connectivity index (χ0n) is 12.8. The van der Waals surface area contributed by atoms with Crippen molar-refractivity contribution in [3.63, 3.8) is 0 Å². The van der Waals surface area contributed by atoms with Crippen LogP contribution in [0.5, 0.6) is 0 Å². The number of benzene rings is 1. The number of nitrogens with zero attached hydrogens (tertiary/aromatic N) is 1. The highest BCUT2D eigenvalue weighted by atomic mass is 19.1. The highest BCUT2D eigenvalue weighted by molar-refractivity contribution is 5.95. The molecule has 2 aromatic rings. The fraction of sp³-hybridized carbons (Fsp3) is 0.438. The number of aromatic nitrogens is 2. The summed E-state index contributed by atoms with van der Waals surface area (Å²) in [6.45, 7) is 3.26. The second-order valence-corrected chi connectivity index (χ2v) is 5.68. The number of H-pyrrole nitrogens is 1. The summed E-state index contributed by atoms with van der Waals surface area (Å²) in [5.41, 5.74) is -0.820. The van der Waals surface area contributed by atoms with Gasteiger partial charge in [0.05, 0.1) is 12.0 Å². The summed E-state index contributed by atoms with van der Waals surface area (Å²) in [7, 11) is 0. The number of aromatic amines is 1. The molecule has 7 heteroatoms. The largest absolute Gasteiger partial charge is 0.381 e. The van der Waals surface area contributed by atoms with Crippen molar-refractivity contribution in [2.45, 2.75) is 25.8 Å². The number of hydrogen-bond donors (Lipinski definition) is 2. The number of rotatable bonds is 4. The first-order valence-corrected chi connectivity index (χ1v) is 7.67. The summed E-state index contributed by atoms with van der Waals surface area (Å²) < 4.78 is 19.0. The Morgan fingerprint density at radius 2 is 2.39 bits per heavy atom. The van der Waals surface area contributed by atoms with E-state index in [4.69, 9.17) is 4.74 Å². The molecule has 0 spiro atoms. The predicted molar refractivity (Wildman–Crippen MR) is 82.8 cm³/mol. The first-order chi connectivity index (χ1) is 11.1. The molecule has 1 aromatic heterocycles. The Labute approximate surface area is 132 Å². The van der Waals surface area contributed by atoms with Gasteiger partial charge in [-0.15, -0.1) is 0 Å². The van der Waals surface area contributed by atoms with Gasteiger partial charge in [-0.25, -0.2) is 4.39 Å². The number of para-hydroxylation sites is 1. The monoisotopic (exact) mass is 319 g/mol. The van der Waals surface area contributed by atoms with Crippen LogP contribution in [0, 0.1) is 11.7 Å². The number of fused-ring (bicyclic) bond motifs is 1. The maximum atomic E-state index is 13.6. The van der Waals surface area contributed by atoms with Crippen LogP contribution in [0.25, 0.3) is 10.9 Å². The molecule has 2 heterocycles. The van der Waals surface area contributed by atoms with Crippen LogP contribution < -0.4 is 10.7 Å². The van der Waals surface area contributed by atoms with Gasteiger partial charge in [-0.1, -0.05) is 13.0 Å². The second-order valence-electron chi connectivity index (χ2n) is 5.68. The maximum Gasteiger partial charge on any atom is 0.276 e. The molecule has 1 aliphatic heterocycles. The molecule has 2 atom stereocenters. The molecule has 1 aromatic carbocycles. The van der Waals surface area contributed by atoms with E-state index in [1.807, 2.05) is 6.92 Å². The predicted octanol–water partition coefficient (Wildman–Crippen LogP) is 1.61.